The first-order valence-corrected chi connectivity index (χ1v) is 9.58. The lowest BCUT2D eigenvalue weighted by Gasteiger charge is -2.32. The number of aryl methyl sites for hydroxylation is 1. The van der Waals surface area contributed by atoms with Crippen LogP contribution >= 0.6 is 0 Å². The molecule has 1 aromatic carbocycles. The second-order valence-corrected chi connectivity index (χ2v) is 7.43. The Hall–Kier alpha value is -2.69. The first kappa shape index (κ1) is 19.1. The van der Waals surface area contributed by atoms with Crippen molar-refractivity contribution in [3.8, 4) is 11.3 Å². The Morgan fingerprint density at radius 3 is 2.33 bits per heavy atom. The molecule has 1 N–H and O–H groups in total. The number of pyridine rings is 1. The molecule has 1 aliphatic rings. The van der Waals surface area contributed by atoms with E-state index in [0.29, 0.717) is 31.5 Å². The van der Waals surface area contributed by atoms with E-state index in [1.54, 1.807) is 0 Å². The highest BCUT2D eigenvalue weighted by molar-refractivity contribution is 5.95. The summed E-state index contributed by atoms with van der Waals surface area (Å²) < 4.78 is 0. The molecule has 1 fully saturated rings. The number of hydrogen-bond donors (Lipinski definition) is 1. The van der Waals surface area contributed by atoms with Crippen LogP contribution in [0, 0.1) is 12.8 Å². The van der Waals surface area contributed by atoms with Crippen LogP contribution in [-0.4, -0.2) is 40.8 Å². The molecule has 0 saturated carbocycles. The average Bonchev–Trinajstić information content (AvgIpc) is 2.67. The highest BCUT2D eigenvalue weighted by Crippen LogP contribution is 2.22. The lowest BCUT2D eigenvalue weighted by atomic mass is 9.95. The molecule has 0 unspecified atom stereocenters. The van der Waals surface area contributed by atoms with Gasteiger partial charge in [-0.15, -0.1) is 0 Å². The number of hydrogen-bond acceptors (Lipinski definition) is 3. The van der Waals surface area contributed by atoms with Gasteiger partial charge in [0.25, 0.3) is 5.91 Å². The van der Waals surface area contributed by atoms with E-state index in [1.165, 1.54) is 0 Å². The maximum atomic E-state index is 12.9. The number of nitrogens with zero attached hydrogens (tertiary/aromatic N) is 2. The van der Waals surface area contributed by atoms with Gasteiger partial charge >= 0.3 is 0 Å². The molecular formula is C22H27N3O2. The Morgan fingerprint density at radius 1 is 1.07 bits per heavy atom. The average molecular weight is 365 g/mol. The Balaban J connectivity index is 1.66. The second kappa shape index (κ2) is 8.33. The summed E-state index contributed by atoms with van der Waals surface area (Å²) in [4.78, 5) is 31.5. The zero-order valence-electron chi connectivity index (χ0n) is 16.2. The molecule has 0 atom stereocenters. The standard InChI is InChI=1S/C22H27N3O2/c1-15(2)23-21(26)18-11-13-25(14-12-18)22(27)19-9-10-20(24-16(19)3)17-7-5-4-6-8-17/h4-10,15,18H,11-14H2,1-3H3,(H,23,26). The van der Waals surface area contributed by atoms with E-state index >= 15 is 0 Å². The van der Waals surface area contributed by atoms with E-state index in [9.17, 15) is 9.59 Å². The normalized spacial score (nSPS) is 15.0. The molecule has 1 aliphatic heterocycles. The number of piperidine rings is 1. The van der Waals surface area contributed by atoms with Crippen molar-refractivity contribution in [3.05, 3.63) is 53.7 Å². The maximum absolute atomic E-state index is 12.9. The van der Waals surface area contributed by atoms with Gasteiger partial charge in [-0.25, -0.2) is 0 Å². The van der Waals surface area contributed by atoms with Gasteiger partial charge in [-0.05, 0) is 45.7 Å². The van der Waals surface area contributed by atoms with Crippen LogP contribution < -0.4 is 5.32 Å². The molecule has 1 saturated heterocycles. The highest BCUT2D eigenvalue weighted by atomic mass is 16.2. The van der Waals surface area contributed by atoms with Gasteiger partial charge in [0.1, 0.15) is 0 Å². The Labute approximate surface area is 160 Å². The number of likely N-dealkylation sites (tertiary alicyclic amines) is 1. The third-order valence-electron chi connectivity index (χ3n) is 4.97. The summed E-state index contributed by atoms with van der Waals surface area (Å²) in [5.41, 5.74) is 3.28. The summed E-state index contributed by atoms with van der Waals surface area (Å²) in [5, 5.41) is 2.97. The first-order valence-electron chi connectivity index (χ1n) is 9.58. The molecule has 5 nitrogen and oxygen atoms in total. The molecule has 2 heterocycles. The van der Waals surface area contributed by atoms with E-state index in [2.05, 4.69) is 10.3 Å². The molecule has 0 aliphatic carbocycles. The number of aromatic nitrogens is 1. The Bertz CT molecular complexity index is 810. The van der Waals surface area contributed by atoms with Crippen molar-refractivity contribution < 1.29 is 9.59 Å². The molecular weight excluding hydrogens is 338 g/mol. The van der Waals surface area contributed by atoms with E-state index in [1.807, 2.05) is 68.1 Å². The van der Waals surface area contributed by atoms with Crippen LogP contribution in [0.25, 0.3) is 11.3 Å². The lowest BCUT2D eigenvalue weighted by molar-refractivity contribution is -0.126. The van der Waals surface area contributed by atoms with Gasteiger partial charge in [-0.1, -0.05) is 30.3 Å². The van der Waals surface area contributed by atoms with Gasteiger partial charge in [0, 0.05) is 30.6 Å². The number of carbonyl (C=O) groups is 2. The largest absolute Gasteiger partial charge is 0.354 e. The molecule has 0 spiro atoms. The summed E-state index contributed by atoms with van der Waals surface area (Å²) in [6.45, 7) is 7.02. The molecule has 3 rings (SSSR count). The number of carbonyl (C=O) groups excluding carboxylic acids is 2. The molecule has 142 valence electrons. The van der Waals surface area contributed by atoms with Crippen LogP contribution in [0.4, 0.5) is 0 Å². The summed E-state index contributed by atoms with van der Waals surface area (Å²) in [5.74, 6) is 0.0978. The van der Waals surface area contributed by atoms with E-state index in [4.69, 9.17) is 0 Å². The molecule has 2 amide bonds. The van der Waals surface area contributed by atoms with E-state index in [0.717, 1.165) is 17.0 Å². The zero-order chi connectivity index (χ0) is 19.4. The molecule has 0 bridgehead atoms. The predicted molar refractivity (Wildman–Crippen MR) is 106 cm³/mol. The van der Waals surface area contributed by atoms with Gasteiger partial charge in [0.05, 0.1) is 17.0 Å². The van der Waals surface area contributed by atoms with Crippen LogP contribution in [0.1, 0.15) is 42.7 Å². The van der Waals surface area contributed by atoms with Crippen molar-refractivity contribution in [2.75, 3.05) is 13.1 Å². The smallest absolute Gasteiger partial charge is 0.255 e. The quantitative estimate of drug-likeness (QED) is 0.903. The van der Waals surface area contributed by atoms with E-state index in [-0.39, 0.29) is 23.8 Å². The summed E-state index contributed by atoms with van der Waals surface area (Å²) in [6, 6.07) is 13.9. The number of nitrogens with one attached hydrogen (secondary N) is 1. The Morgan fingerprint density at radius 2 is 1.74 bits per heavy atom. The van der Waals surface area contributed by atoms with Crippen LogP contribution in [0.15, 0.2) is 42.5 Å². The van der Waals surface area contributed by atoms with E-state index < -0.39 is 0 Å². The molecule has 2 aromatic rings. The lowest BCUT2D eigenvalue weighted by Crippen LogP contribution is -2.44. The van der Waals surface area contributed by atoms with Crippen LogP contribution in [0.2, 0.25) is 0 Å². The minimum Gasteiger partial charge on any atom is -0.354 e. The SMILES string of the molecule is Cc1nc(-c2ccccc2)ccc1C(=O)N1CCC(C(=O)NC(C)C)CC1. The number of rotatable bonds is 4. The highest BCUT2D eigenvalue weighted by Gasteiger charge is 2.28. The third-order valence-corrected chi connectivity index (χ3v) is 4.97. The van der Waals surface area contributed by atoms with Crippen molar-refractivity contribution in [2.24, 2.45) is 5.92 Å². The Kier molecular flexibility index (Phi) is 5.89. The van der Waals surface area contributed by atoms with Crippen molar-refractivity contribution in [1.82, 2.24) is 15.2 Å². The predicted octanol–water partition coefficient (Wildman–Crippen LogP) is 3.43. The van der Waals surface area contributed by atoms with Crippen LogP contribution in [0.3, 0.4) is 0 Å². The monoisotopic (exact) mass is 365 g/mol. The summed E-state index contributed by atoms with van der Waals surface area (Å²) in [7, 11) is 0. The van der Waals surface area contributed by atoms with Gasteiger partial charge in [-0.2, -0.15) is 0 Å². The van der Waals surface area contributed by atoms with Gasteiger partial charge in [-0.3, -0.25) is 14.6 Å². The van der Waals surface area contributed by atoms with Crippen molar-refractivity contribution >= 4 is 11.8 Å². The number of benzene rings is 1. The maximum Gasteiger partial charge on any atom is 0.255 e. The number of amides is 2. The fraction of sp³-hybridized carbons (Fsp3) is 0.409. The first-order chi connectivity index (χ1) is 13.0. The molecule has 0 radical (unpaired) electrons. The second-order valence-electron chi connectivity index (χ2n) is 7.43. The zero-order valence-corrected chi connectivity index (χ0v) is 16.2. The van der Waals surface area contributed by atoms with Gasteiger partial charge in [0.2, 0.25) is 5.91 Å². The van der Waals surface area contributed by atoms with Crippen molar-refractivity contribution in [3.63, 3.8) is 0 Å². The van der Waals surface area contributed by atoms with Crippen LogP contribution in [-0.2, 0) is 4.79 Å². The van der Waals surface area contributed by atoms with Crippen molar-refractivity contribution in [2.45, 2.75) is 39.7 Å². The minimum absolute atomic E-state index is 0.00216. The van der Waals surface area contributed by atoms with Crippen molar-refractivity contribution in [1.29, 1.82) is 0 Å². The third kappa shape index (κ3) is 4.54. The molecule has 5 heteroatoms. The topological polar surface area (TPSA) is 62.3 Å². The molecule has 1 aromatic heterocycles. The summed E-state index contributed by atoms with van der Waals surface area (Å²) >= 11 is 0. The minimum atomic E-state index is -0.00358. The van der Waals surface area contributed by atoms with Gasteiger partial charge in [0.15, 0.2) is 0 Å². The fourth-order valence-corrected chi connectivity index (χ4v) is 3.47. The van der Waals surface area contributed by atoms with Crippen LogP contribution in [0.5, 0.6) is 0 Å². The molecule has 27 heavy (non-hydrogen) atoms. The summed E-state index contributed by atoms with van der Waals surface area (Å²) in [6.07, 6.45) is 1.41. The van der Waals surface area contributed by atoms with Gasteiger partial charge < -0.3 is 10.2 Å². The fourth-order valence-electron chi connectivity index (χ4n) is 3.47.